The Morgan fingerprint density at radius 3 is 2.71 bits per heavy atom. The summed E-state index contributed by atoms with van der Waals surface area (Å²) < 4.78 is 0. The van der Waals surface area contributed by atoms with Gasteiger partial charge in [-0.1, -0.05) is 42.5 Å². The fourth-order valence-electron chi connectivity index (χ4n) is 3.15. The van der Waals surface area contributed by atoms with Crippen LogP contribution in [0, 0.1) is 0 Å². The number of hydrogen-bond donors (Lipinski definition) is 2. The van der Waals surface area contributed by atoms with E-state index in [9.17, 15) is 9.59 Å². The summed E-state index contributed by atoms with van der Waals surface area (Å²) in [6.07, 6.45) is 1.42. The van der Waals surface area contributed by atoms with E-state index in [2.05, 4.69) is 41.0 Å². The lowest BCUT2D eigenvalue weighted by atomic mass is 10.0. The van der Waals surface area contributed by atoms with E-state index in [0.29, 0.717) is 13.0 Å². The van der Waals surface area contributed by atoms with Crippen LogP contribution < -0.4 is 10.6 Å². The maximum Gasteiger partial charge on any atom is 0.315 e. The van der Waals surface area contributed by atoms with Gasteiger partial charge in [-0.15, -0.1) is 0 Å². The quantitative estimate of drug-likeness (QED) is 0.906. The van der Waals surface area contributed by atoms with Crippen LogP contribution >= 0.6 is 0 Å². The maximum atomic E-state index is 12.1. The Kier molecular flexibility index (Phi) is 4.69. The molecule has 0 spiro atoms. The summed E-state index contributed by atoms with van der Waals surface area (Å²) in [5.74, 6) is -0.0210. The molecule has 3 amide bonds. The molecule has 1 saturated heterocycles. The zero-order valence-electron chi connectivity index (χ0n) is 14.1. The molecule has 1 aliphatic rings. The second-order valence-corrected chi connectivity index (χ2v) is 6.51. The SMILES string of the molecule is CC(Cc1ccc2ccccc2c1)NC(=O)NC1CCN(C)C1=O. The summed E-state index contributed by atoms with van der Waals surface area (Å²) in [5.41, 5.74) is 1.18. The predicted octanol–water partition coefficient (Wildman–Crippen LogP) is 2.30. The Morgan fingerprint density at radius 2 is 2.00 bits per heavy atom. The Morgan fingerprint density at radius 1 is 1.25 bits per heavy atom. The molecule has 5 heteroatoms. The van der Waals surface area contributed by atoms with Gasteiger partial charge < -0.3 is 15.5 Å². The van der Waals surface area contributed by atoms with Gasteiger partial charge in [0.2, 0.25) is 5.91 Å². The number of amides is 3. The van der Waals surface area contributed by atoms with Gasteiger partial charge in [0.25, 0.3) is 0 Å². The average molecular weight is 325 g/mol. The van der Waals surface area contributed by atoms with E-state index in [1.54, 1.807) is 11.9 Å². The summed E-state index contributed by atoms with van der Waals surface area (Å²) in [4.78, 5) is 25.5. The van der Waals surface area contributed by atoms with Crippen molar-refractivity contribution < 1.29 is 9.59 Å². The standard InChI is InChI=1S/C19H23N3O2/c1-13(20-19(24)21-17-9-10-22(2)18(17)23)11-14-7-8-15-5-3-4-6-16(15)12-14/h3-8,12-13,17H,9-11H2,1-2H3,(H2,20,21,24). The number of nitrogens with one attached hydrogen (secondary N) is 2. The van der Waals surface area contributed by atoms with Gasteiger partial charge in [0.15, 0.2) is 0 Å². The molecule has 2 N–H and O–H groups in total. The van der Waals surface area contributed by atoms with E-state index in [1.807, 2.05) is 19.1 Å². The minimum atomic E-state index is -0.400. The third kappa shape index (κ3) is 3.67. The molecule has 2 atom stereocenters. The van der Waals surface area contributed by atoms with Gasteiger partial charge in [0.05, 0.1) is 0 Å². The number of nitrogens with zero attached hydrogens (tertiary/aromatic N) is 1. The van der Waals surface area contributed by atoms with Crippen molar-refractivity contribution in [3.05, 3.63) is 48.0 Å². The highest BCUT2D eigenvalue weighted by Gasteiger charge is 2.30. The molecule has 2 unspecified atom stereocenters. The first kappa shape index (κ1) is 16.3. The van der Waals surface area contributed by atoms with Crippen molar-refractivity contribution in [1.29, 1.82) is 0 Å². The van der Waals surface area contributed by atoms with Crippen LogP contribution in [0.5, 0.6) is 0 Å². The van der Waals surface area contributed by atoms with Gasteiger partial charge in [-0.05, 0) is 36.1 Å². The van der Waals surface area contributed by atoms with Crippen LogP contribution in [0.25, 0.3) is 10.8 Å². The molecule has 0 aliphatic carbocycles. The van der Waals surface area contributed by atoms with Gasteiger partial charge >= 0.3 is 6.03 Å². The lowest BCUT2D eigenvalue weighted by molar-refractivity contribution is -0.128. The number of likely N-dealkylation sites (N-methyl/N-ethyl adjacent to an activating group) is 1. The summed E-state index contributed by atoms with van der Waals surface area (Å²) in [6.45, 7) is 2.66. The van der Waals surface area contributed by atoms with Crippen LogP contribution in [0.4, 0.5) is 4.79 Å². The van der Waals surface area contributed by atoms with Gasteiger partial charge in [-0.25, -0.2) is 4.79 Å². The van der Waals surface area contributed by atoms with Gasteiger partial charge in [0.1, 0.15) is 6.04 Å². The molecule has 1 fully saturated rings. The number of fused-ring (bicyclic) bond motifs is 1. The lowest BCUT2D eigenvalue weighted by Gasteiger charge is -2.17. The van der Waals surface area contributed by atoms with Crippen molar-refractivity contribution in [3.8, 4) is 0 Å². The third-order valence-electron chi connectivity index (χ3n) is 4.47. The predicted molar refractivity (Wildman–Crippen MR) is 94.8 cm³/mol. The molecule has 0 bridgehead atoms. The smallest absolute Gasteiger partial charge is 0.315 e. The van der Waals surface area contributed by atoms with Crippen LogP contribution in [0.3, 0.4) is 0 Å². The van der Waals surface area contributed by atoms with Crippen LogP contribution in [-0.4, -0.2) is 42.5 Å². The second-order valence-electron chi connectivity index (χ2n) is 6.51. The van der Waals surface area contributed by atoms with E-state index in [4.69, 9.17) is 0 Å². The minimum Gasteiger partial charge on any atom is -0.344 e. The Labute approximate surface area is 142 Å². The second kappa shape index (κ2) is 6.91. The van der Waals surface area contributed by atoms with E-state index in [1.165, 1.54) is 16.3 Å². The van der Waals surface area contributed by atoms with Gasteiger partial charge in [-0.2, -0.15) is 0 Å². The van der Waals surface area contributed by atoms with Crippen LogP contribution in [0.2, 0.25) is 0 Å². The molecule has 1 heterocycles. The molecule has 2 aromatic carbocycles. The molecule has 2 aromatic rings. The van der Waals surface area contributed by atoms with Crippen molar-refractivity contribution in [3.63, 3.8) is 0 Å². The van der Waals surface area contributed by atoms with E-state index >= 15 is 0 Å². The van der Waals surface area contributed by atoms with Gasteiger partial charge in [0, 0.05) is 19.6 Å². The molecule has 1 aliphatic heterocycles. The fraction of sp³-hybridized carbons (Fsp3) is 0.368. The van der Waals surface area contributed by atoms with Crippen molar-refractivity contribution >= 4 is 22.7 Å². The molecular weight excluding hydrogens is 302 g/mol. The van der Waals surface area contributed by atoms with Gasteiger partial charge in [-0.3, -0.25) is 4.79 Å². The first-order valence-electron chi connectivity index (χ1n) is 8.32. The molecule has 0 aromatic heterocycles. The third-order valence-corrected chi connectivity index (χ3v) is 4.47. The van der Waals surface area contributed by atoms with Crippen molar-refractivity contribution in [1.82, 2.24) is 15.5 Å². The Balaban J connectivity index is 1.55. The maximum absolute atomic E-state index is 12.1. The zero-order valence-corrected chi connectivity index (χ0v) is 14.1. The molecule has 126 valence electrons. The Hall–Kier alpha value is -2.56. The number of likely N-dealkylation sites (tertiary alicyclic amines) is 1. The van der Waals surface area contributed by atoms with E-state index in [-0.39, 0.29) is 18.0 Å². The Bertz CT molecular complexity index is 759. The number of rotatable bonds is 4. The summed E-state index contributed by atoms with van der Waals surface area (Å²) >= 11 is 0. The van der Waals surface area contributed by atoms with Crippen LogP contribution in [-0.2, 0) is 11.2 Å². The van der Waals surface area contributed by atoms with Crippen molar-refractivity contribution in [2.45, 2.75) is 31.8 Å². The molecule has 24 heavy (non-hydrogen) atoms. The molecule has 0 radical (unpaired) electrons. The molecule has 5 nitrogen and oxygen atoms in total. The highest BCUT2D eigenvalue weighted by atomic mass is 16.2. The number of benzene rings is 2. The van der Waals surface area contributed by atoms with E-state index in [0.717, 1.165) is 6.42 Å². The first-order chi connectivity index (χ1) is 11.5. The lowest BCUT2D eigenvalue weighted by Crippen LogP contribution is -2.48. The highest BCUT2D eigenvalue weighted by molar-refractivity contribution is 5.88. The number of carbonyl (C=O) groups excluding carboxylic acids is 2. The molecule has 0 saturated carbocycles. The fourth-order valence-corrected chi connectivity index (χ4v) is 3.15. The zero-order chi connectivity index (χ0) is 17.1. The summed E-state index contributed by atoms with van der Waals surface area (Å²) in [6, 6.07) is 13.9. The number of carbonyl (C=O) groups is 2. The van der Waals surface area contributed by atoms with Crippen LogP contribution in [0.1, 0.15) is 18.9 Å². The van der Waals surface area contributed by atoms with Crippen LogP contribution in [0.15, 0.2) is 42.5 Å². The topological polar surface area (TPSA) is 61.4 Å². The number of hydrogen-bond acceptors (Lipinski definition) is 2. The van der Waals surface area contributed by atoms with Crippen molar-refractivity contribution in [2.24, 2.45) is 0 Å². The normalized spacial score (nSPS) is 18.7. The number of urea groups is 1. The monoisotopic (exact) mass is 325 g/mol. The molecule has 3 rings (SSSR count). The summed E-state index contributed by atoms with van der Waals surface area (Å²) in [5, 5.41) is 8.09. The highest BCUT2D eigenvalue weighted by Crippen LogP contribution is 2.16. The van der Waals surface area contributed by atoms with Crippen molar-refractivity contribution in [2.75, 3.05) is 13.6 Å². The molecular formula is C19H23N3O2. The van der Waals surface area contributed by atoms with E-state index < -0.39 is 6.04 Å². The largest absolute Gasteiger partial charge is 0.344 e. The summed E-state index contributed by atoms with van der Waals surface area (Å²) in [7, 11) is 1.75. The minimum absolute atomic E-state index is 0.0135. The average Bonchev–Trinajstić information content (AvgIpc) is 2.86. The first-order valence-corrected chi connectivity index (χ1v) is 8.32.